The fraction of sp³-hybridized carbons (Fsp3) is 0.208. The number of rotatable bonds is 5. The SMILES string of the molecule is CC(C)Oc1cccc(C2=NC(c3ccc(Cl)cc3)C(c3ccc(Cl)cc3)N2)c1. The topological polar surface area (TPSA) is 33.6 Å². The van der Waals surface area contributed by atoms with Gasteiger partial charge in [-0.15, -0.1) is 0 Å². The minimum absolute atomic E-state index is 0.00174. The number of benzene rings is 3. The molecule has 0 aromatic heterocycles. The summed E-state index contributed by atoms with van der Waals surface area (Å²) in [5.41, 5.74) is 3.23. The van der Waals surface area contributed by atoms with E-state index in [1.807, 2.05) is 86.6 Å². The van der Waals surface area contributed by atoms with Crippen molar-refractivity contribution in [2.75, 3.05) is 0 Å². The van der Waals surface area contributed by atoms with Crippen molar-refractivity contribution in [3.63, 3.8) is 0 Å². The summed E-state index contributed by atoms with van der Waals surface area (Å²) < 4.78 is 5.85. The average Bonchev–Trinajstić information content (AvgIpc) is 3.14. The maximum atomic E-state index is 6.09. The first-order chi connectivity index (χ1) is 14.0. The zero-order valence-electron chi connectivity index (χ0n) is 16.3. The highest BCUT2D eigenvalue weighted by molar-refractivity contribution is 6.30. The maximum absolute atomic E-state index is 6.09. The molecular formula is C24H22Cl2N2O. The largest absolute Gasteiger partial charge is 0.491 e. The lowest BCUT2D eigenvalue weighted by atomic mass is 9.95. The molecule has 0 amide bonds. The van der Waals surface area contributed by atoms with E-state index in [-0.39, 0.29) is 18.2 Å². The van der Waals surface area contributed by atoms with Crippen molar-refractivity contribution in [2.45, 2.75) is 32.0 Å². The summed E-state index contributed by atoms with van der Waals surface area (Å²) in [5.74, 6) is 1.68. The van der Waals surface area contributed by atoms with Crippen LogP contribution in [0.25, 0.3) is 0 Å². The van der Waals surface area contributed by atoms with E-state index in [1.165, 1.54) is 0 Å². The Hall–Kier alpha value is -2.49. The van der Waals surface area contributed by atoms with Gasteiger partial charge in [0.15, 0.2) is 0 Å². The van der Waals surface area contributed by atoms with Gasteiger partial charge in [-0.25, -0.2) is 0 Å². The second kappa shape index (κ2) is 8.48. The third-order valence-corrected chi connectivity index (χ3v) is 5.30. The van der Waals surface area contributed by atoms with Gasteiger partial charge in [-0.2, -0.15) is 0 Å². The minimum Gasteiger partial charge on any atom is -0.491 e. The number of halogens is 2. The van der Waals surface area contributed by atoms with Crippen LogP contribution in [0.4, 0.5) is 0 Å². The molecule has 0 saturated carbocycles. The molecule has 3 aromatic rings. The lowest BCUT2D eigenvalue weighted by Gasteiger charge is -2.20. The van der Waals surface area contributed by atoms with Crippen molar-refractivity contribution in [3.8, 4) is 5.75 Å². The van der Waals surface area contributed by atoms with Crippen LogP contribution in [0.15, 0.2) is 77.8 Å². The van der Waals surface area contributed by atoms with E-state index >= 15 is 0 Å². The van der Waals surface area contributed by atoms with Crippen LogP contribution in [0.5, 0.6) is 5.75 Å². The van der Waals surface area contributed by atoms with E-state index in [0.717, 1.165) is 33.3 Å². The Bertz CT molecular complexity index is 1010. The number of nitrogens with zero attached hydrogens (tertiary/aromatic N) is 1. The lowest BCUT2D eigenvalue weighted by Crippen LogP contribution is -2.25. The number of amidine groups is 1. The Morgan fingerprint density at radius 1 is 0.862 bits per heavy atom. The predicted molar refractivity (Wildman–Crippen MR) is 120 cm³/mol. The second-order valence-corrected chi connectivity index (χ2v) is 8.21. The molecule has 5 heteroatoms. The first-order valence-electron chi connectivity index (χ1n) is 9.62. The number of nitrogens with one attached hydrogen (secondary N) is 1. The highest BCUT2D eigenvalue weighted by Gasteiger charge is 2.31. The zero-order chi connectivity index (χ0) is 20.4. The van der Waals surface area contributed by atoms with E-state index in [4.69, 9.17) is 32.9 Å². The third-order valence-electron chi connectivity index (χ3n) is 4.80. The summed E-state index contributed by atoms with van der Waals surface area (Å²) in [6.07, 6.45) is 0.118. The summed E-state index contributed by atoms with van der Waals surface area (Å²) in [4.78, 5) is 5.03. The molecule has 29 heavy (non-hydrogen) atoms. The number of hydrogen-bond donors (Lipinski definition) is 1. The Labute approximate surface area is 181 Å². The van der Waals surface area contributed by atoms with Crippen molar-refractivity contribution in [1.29, 1.82) is 0 Å². The van der Waals surface area contributed by atoms with Crippen LogP contribution in [0.1, 0.15) is 42.6 Å². The molecule has 3 nitrogen and oxygen atoms in total. The first kappa shape index (κ1) is 19.8. The van der Waals surface area contributed by atoms with Crippen LogP contribution >= 0.6 is 23.2 Å². The van der Waals surface area contributed by atoms with Crippen molar-refractivity contribution in [1.82, 2.24) is 5.32 Å². The van der Waals surface area contributed by atoms with Gasteiger partial charge in [0.1, 0.15) is 17.6 Å². The number of hydrogen-bond acceptors (Lipinski definition) is 3. The fourth-order valence-corrected chi connectivity index (χ4v) is 3.74. The summed E-state index contributed by atoms with van der Waals surface area (Å²) in [6.45, 7) is 4.04. The van der Waals surface area contributed by atoms with Crippen molar-refractivity contribution in [2.24, 2.45) is 4.99 Å². The molecule has 1 aliphatic heterocycles. The molecule has 0 fully saturated rings. The molecule has 0 spiro atoms. The van der Waals surface area contributed by atoms with Gasteiger partial charge in [-0.1, -0.05) is 59.6 Å². The van der Waals surface area contributed by atoms with Crippen LogP contribution in [0, 0.1) is 0 Å². The van der Waals surface area contributed by atoms with Gasteiger partial charge in [0.2, 0.25) is 0 Å². The molecule has 1 heterocycles. The Morgan fingerprint density at radius 2 is 1.48 bits per heavy atom. The average molecular weight is 425 g/mol. The zero-order valence-corrected chi connectivity index (χ0v) is 17.8. The van der Waals surface area contributed by atoms with Crippen molar-refractivity contribution < 1.29 is 4.74 Å². The van der Waals surface area contributed by atoms with Crippen LogP contribution in [0.2, 0.25) is 10.0 Å². The van der Waals surface area contributed by atoms with Crippen LogP contribution in [-0.2, 0) is 0 Å². The van der Waals surface area contributed by atoms with E-state index in [9.17, 15) is 0 Å². The minimum atomic E-state index is -0.0712. The van der Waals surface area contributed by atoms with Gasteiger partial charge in [-0.05, 0) is 61.4 Å². The smallest absolute Gasteiger partial charge is 0.129 e. The summed E-state index contributed by atoms with van der Waals surface area (Å²) in [7, 11) is 0. The molecule has 0 aliphatic carbocycles. The molecule has 3 aromatic carbocycles. The second-order valence-electron chi connectivity index (χ2n) is 7.34. The molecule has 1 aliphatic rings. The molecule has 0 bridgehead atoms. The van der Waals surface area contributed by atoms with Gasteiger partial charge in [-0.3, -0.25) is 4.99 Å². The Kier molecular flexibility index (Phi) is 5.79. The molecule has 0 radical (unpaired) electrons. The fourth-order valence-electron chi connectivity index (χ4n) is 3.49. The Balaban J connectivity index is 1.71. The molecule has 2 atom stereocenters. The molecule has 2 unspecified atom stereocenters. The molecule has 148 valence electrons. The van der Waals surface area contributed by atoms with E-state index in [2.05, 4.69) is 5.32 Å². The quantitative estimate of drug-likeness (QED) is 0.499. The van der Waals surface area contributed by atoms with E-state index in [0.29, 0.717) is 5.02 Å². The van der Waals surface area contributed by atoms with Crippen LogP contribution < -0.4 is 10.1 Å². The number of ether oxygens (including phenoxy) is 1. The summed E-state index contributed by atoms with van der Waals surface area (Å²) >= 11 is 12.2. The third kappa shape index (κ3) is 4.58. The van der Waals surface area contributed by atoms with Crippen LogP contribution in [-0.4, -0.2) is 11.9 Å². The standard InChI is InChI=1S/C24H22Cl2N2O/c1-15(2)29-21-5-3-4-18(14-21)24-27-22(16-6-10-19(25)11-7-16)23(28-24)17-8-12-20(26)13-9-17/h3-15,22-23H,1-2H3,(H,27,28). The van der Waals surface area contributed by atoms with E-state index < -0.39 is 0 Å². The maximum Gasteiger partial charge on any atom is 0.129 e. The highest BCUT2D eigenvalue weighted by atomic mass is 35.5. The molecule has 4 rings (SSSR count). The Morgan fingerprint density at radius 3 is 2.10 bits per heavy atom. The lowest BCUT2D eigenvalue weighted by molar-refractivity contribution is 0.242. The van der Waals surface area contributed by atoms with Gasteiger partial charge < -0.3 is 10.1 Å². The van der Waals surface area contributed by atoms with Crippen LogP contribution in [0.3, 0.4) is 0 Å². The van der Waals surface area contributed by atoms with Gasteiger partial charge in [0, 0.05) is 15.6 Å². The van der Waals surface area contributed by atoms with Gasteiger partial charge in [0.25, 0.3) is 0 Å². The summed E-state index contributed by atoms with van der Waals surface area (Å²) in [6, 6.07) is 23.7. The highest BCUT2D eigenvalue weighted by Crippen LogP contribution is 2.38. The van der Waals surface area contributed by atoms with Gasteiger partial charge >= 0.3 is 0 Å². The molecule has 1 N–H and O–H groups in total. The molecular weight excluding hydrogens is 403 g/mol. The monoisotopic (exact) mass is 424 g/mol. The van der Waals surface area contributed by atoms with Crippen molar-refractivity contribution >= 4 is 29.0 Å². The van der Waals surface area contributed by atoms with E-state index in [1.54, 1.807) is 0 Å². The molecule has 0 saturated heterocycles. The predicted octanol–water partition coefficient (Wildman–Crippen LogP) is 6.61. The first-order valence-corrected chi connectivity index (χ1v) is 10.4. The van der Waals surface area contributed by atoms with Gasteiger partial charge in [0.05, 0.1) is 12.1 Å². The normalized spacial score (nSPS) is 18.4. The number of aliphatic imine (C=N–C) groups is 1. The summed E-state index contributed by atoms with van der Waals surface area (Å²) in [5, 5.41) is 5.04. The van der Waals surface area contributed by atoms with Crippen molar-refractivity contribution in [3.05, 3.63) is 99.5 Å².